The van der Waals surface area contributed by atoms with Crippen molar-refractivity contribution in [2.75, 3.05) is 20.2 Å². The van der Waals surface area contributed by atoms with Crippen molar-refractivity contribution in [3.8, 4) is 5.75 Å². The topological polar surface area (TPSA) is 50.4 Å². The Morgan fingerprint density at radius 3 is 2.59 bits per heavy atom. The molecule has 0 unspecified atom stereocenters. The maximum absolute atomic E-state index is 11.7. The zero-order valence-electron chi connectivity index (χ0n) is 12.8. The minimum absolute atomic E-state index is 0.0128. The molecular weight excluding hydrogens is 276 g/mol. The highest BCUT2D eigenvalue weighted by Crippen LogP contribution is 2.12. The van der Waals surface area contributed by atoms with Crippen LogP contribution < -0.4 is 15.4 Å². The third kappa shape index (κ3) is 5.58. The van der Waals surface area contributed by atoms with Crippen molar-refractivity contribution in [3.05, 3.63) is 65.7 Å². The van der Waals surface area contributed by atoms with Crippen LogP contribution in [0.5, 0.6) is 5.75 Å². The van der Waals surface area contributed by atoms with E-state index < -0.39 is 0 Å². The van der Waals surface area contributed by atoms with E-state index in [1.165, 1.54) is 5.56 Å². The van der Waals surface area contributed by atoms with E-state index in [0.717, 1.165) is 17.7 Å². The maximum Gasteiger partial charge on any atom is 0.233 e. The first-order valence-electron chi connectivity index (χ1n) is 7.42. The number of carbonyl (C=O) groups is 1. The average Bonchev–Trinajstić information content (AvgIpc) is 2.56. The molecule has 0 fully saturated rings. The van der Waals surface area contributed by atoms with Crippen LogP contribution in [0, 0.1) is 0 Å². The first-order chi connectivity index (χ1) is 10.8. The van der Waals surface area contributed by atoms with Gasteiger partial charge in [-0.25, -0.2) is 0 Å². The Bertz CT molecular complexity index is 585. The van der Waals surface area contributed by atoms with Gasteiger partial charge in [0, 0.05) is 13.1 Å². The predicted molar refractivity (Wildman–Crippen MR) is 87.9 cm³/mol. The molecule has 0 saturated heterocycles. The van der Waals surface area contributed by atoms with Crippen LogP contribution in [0.4, 0.5) is 0 Å². The lowest BCUT2D eigenvalue weighted by atomic mass is 10.1. The van der Waals surface area contributed by atoms with Crippen LogP contribution in [0.15, 0.2) is 54.6 Å². The summed E-state index contributed by atoms with van der Waals surface area (Å²) in [6.07, 6.45) is 0.793. The second-order valence-electron chi connectivity index (χ2n) is 5.04. The molecule has 0 aromatic heterocycles. The number of hydrogen-bond acceptors (Lipinski definition) is 3. The molecule has 2 aromatic carbocycles. The molecule has 0 spiro atoms. The number of nitrogens with one attached hydrogen (secondary N) is 2. The van der Waals surface area contributed by atoms with Gasteiger partial charge in [-0.3, -0.25) is 4.79 Å². The van der Waals surface area contributed by atoms with Crippen molar-refractivity contribution < 1.29 is 9.53 Å². The summed E-state index contributed by atoms with van der Waals surface area (Å²) in [5.41, 5.74) is 2.32. The lowest BCUT2D eigenvalue weighted by molar-refractivity contribution is -0.120. The first-order valence-corrected chi connectivity index (χ1v) is 7.42. The quantitative estimate of drug-likeness (QED) is 0.785. The number of rotatable bonds is 8. The number of amides is 1. The maximum atomic E-state index is 11.7. The lowest BCUT2D eigenvalue weighted by Gasteiger charge is -2.08. The van der Waals surface area contributed by atoms with Gasteiger partial charge >= 0.3 is 0 Å². The number of methoxy groups -OCH3 is 1. The van der Waals surface area contributed by atoms with Gasteiger partial charge in [0.15, 0.2) is 0 Å². The van der Waals surface area contributed by atoms with E-state index in [4.69, 9.17) is 4.74 Å². The normalized spacial score (nSPS) is 10.2. The third-order valence-electron chi connectivity index (χ3n) is 3.33. The fourth-order valence-corrected chi connectivity index (χ4v) is 2.15. The summed E-state index contributed by atoms with van der Waals surface area (Å²) < 4.78 is 5.18. The molecule has 0 atom stereocenters. The zero-order valence-corrected chi connectivity index (χ0v) is 12.8. The molecule has 0 radical (unpaired) electrons. The van der Waals surface area contributed by atoms with Crippen LogP contribution in [-0.2, 0) is 17.8 Å². The first kappa shape index (κ1) is 16.0. The van der Waals surface area contributed by atoms with Crippen LogP contribution in [-0.4, -0.2) is 26.1 Å². The minimum atomic E-state index is 0.0128. The van der Waals surface area contributed by atoms with Crippen molar-refractivity contribution >= 4 is 5.91 Å². The van der Waals surface area contributed by atoms with E-state index >= 15 is 0 Å². The molecule has 1 amide bonds. The Balaban J connectivity index is 1.63. The van der Waals surface area contributed by atoms with Gasteiger partial charge in [0.2, 0.25) is 5.91 Å². The smallest absolute Gasteiger partial charge is 0.233 e. The van der Waals surface area contributed by atoms with Gasteiger partial charge in [-0.05, 0) is 29.7 Å². The summed E-state index contributed by atoms with van der Waals surface area (Å²) in [5.74, 6) is 0.854. The van der Waals surface area contributed by atoms with E-state index in [1.807, 2.05) is 54.6 Å². The van der Waals surface area contributed by atoms with Crippen LogP contribution in [0.2, 0.25) is 0 Å². The minimum Gasteiger partial charge on any atom is -0.497 e. The van der Waals surface area contributed by atoms with Crippen molar-refractivity contribution in [2.24, 2.45) is 0 Å². The Hall–Kier alpha value is -2.33. The van der Waals surface area contributed by atoms with Gasteiger partial charge < -0.3 is 15.4 Å². The van der Waals surface area contributed by atoms with Crippen molar-refractivity contribution in [2.45, 2.75) is 13.0 Å². The lowest BCUT2D eigenvalue weighted by Crippen LogP contribution is -2.34. The number of ether oxygens (including phenoxy) is 1. The van der Waals surface area contributed by atoms with Gasteiger partial charge in [-0.1, -0.05) is 42.5 Å². The van der Waals surface area contributed by atoms with E-state index in [1.54, 1.807) is 7.11 Å². The monoisotopic (exact) mass is 298 g/mol. The molecule has 0 aliphatic carbocycles. The number of benzene rings is 2. The molecule has 4 heteroatoms. The molecule has 0 saturated carbocycles. The number of hydrogen-bond donors (Lipinski definition) is 2. The van der Waals surface area contributed by atoms with E-state index in [0.29, 0.717) is 19.6 Å². The molecule has 116 valence electrons. The second kappa shape index (κ2) is 8.85. The van der Waals surface area contributed by atoms with Gasteiger partial charge in [-0.15, -0.1) is 0 Å². The van der Waals surface area contributed by atoms with Crippen molar-refractivity contribution in [3.63, 3.8) is 0 Å². The fraction of sp³-hybridized carbons (Fsp3) is 0.278. The Labute approximate surface area is 131 Å². The molecule has 2 aromatic rings. The summed E-state index contributed by atoms with van der Waals surface area (Å²) in [4.78, 5) is 11.7. The molecule has 0 heterocycles. The molecule has 0 aliphatic rings. The molecule has 0 bridgehead atoms. The standard InChI is InChI=1S/C18H22N2O2/c1-22-17-9-5-8-15(12-17)10-11-20-18(21)14-19-13-16-6-3-2-4-7-16/h2-9,12,19H,10-11,13-14H2,1H3,(H,20,21). The largest absolute Gasteiger partial charge is 0.497 e. The van der Waals surface area contributed by atoms with Crippen molar-refractivity contribution in [1.82, 2.24) is 10.6 Å². The van der Waals surface area contributed by atoms with E-state index in [2.05, 4.69) is 10.6 Å². The third-order valence-corrected chi connectivity index (χ3v) is 3.33. The van der Waals surface area contributed by atoms with E-state index in [-0.39, 0.29) is 5.91 Å². The molecule has 2 N–H and O–H groups in total. The van der Waals surface area contributed by atoms with Crippen LogP contribution in [0.1, 0.15) is 11.1 Å². The highest BCUT2D eigenvalue weighted by atomic mass is 16.5. The predicted octanol–water partition coefficient (Wildman–Crippen LogP) is 2.14. The van der Waals surface area contributed by atoms with Gasteiger partial charge in [0.1, 0.15) is 5.75 Å². The zero-order chi connectivity index (χ0) is 15.6. The molecule has 4 nitrogen and oxygen atoms in total. The summed E-state index contributed by atoms with van der Waals surface area (Å²) in [6.45, 7) is 1.65. The SMILES string of the molecule is COc1cccc(CCNC(=O)CNCc2ccccc2)c1. The van der Waals surface area contributed by atoms with Crippen LogP contribution >= 0.6 is 0 Å². The summed E-state index contributed by atoms with van der Waals surface area (Å²) in [5, 5.41) is 6.05. The van der Waals surface area contributed by atoms with Crippen LogP contribution in [0.25, 0.3) is 0 Å². The summed E-state index contributed by atoms with van der Waals surface area (Å²) >= 11 is 0. The van der Waals surface area contributed by atoms with Crippen LogP contribution in [0.3, 0.4) is 0 Å². The Morgan fingerprint density at radius 2 is 1.82 bits per heavy atom. The second-order valence-corrected chi connectivity index (χ2v) is 5.04. The number of carbonyl (C=O) groups excluding carboxylic acids is 1. The Morgan fingerprint density at radius 1 is 1.05 bits per heavy atom. The molecular formula is C18H22N2O2. The highest BCUT2D eigenvalue weighted by molar-refractivity contribution is 5.77. The highest BCUT2D eigenvalue weighted by Gasteiger charge is 2.01. The average molecular weight is 298 g/mol. The Kier molecular flexibility index (Phi) is 6.45. The summed E-state index contributed by atoms with van der Waals surface area (Å²) in [6, 6.07) is 17.9. The van der Waals surface area contributed by atoms with Crippen molar-refractivity contribution in [1.29, 1.82) is 0 Å². The van der Waals surface area contributed by atoms with Gasteiger partial charge in [0.05, 0.1) is 13.7 Å². The van der Waals surface area contributed by atoms with Gasteiger partial charge in [0.25, 0.3) is 0 Å². The molecule has 22 heavy (non-hydrogen) atoms. The van der Waals surface area contributed by atoms with E-state index in [9.17, 15) is 4.79 Å². The molecule has 0 aliphatic heterocycles. The molecule has 2 rings (SSSR count). The van der Waals surface area contributed by atoms with Gasteiger partial charge in [-0.2, -0.15) is 0 Å². The fourth-order valence-electron chi connectivity index (χ4n) is 2.15. The summed E-state index contributed by atoms with van der Waals surface area (Å²) in [7, 11) is 1.65.